The van der Waals surface area contributed by atoms with E-state index in [9.17, 15) is 0 Å². The third-order valence-corrected chi connectivity index (χ3v) is 5.59. The Bertz CT molecular complexity index is 1360. The largest absolute Gasteiger partial charge is 0.340 e. The van der Waals surface area contributed by atoms with Gasteiger partial charge in [0.15, 0.2) is 5.65 Å². The summed E-state index contributed by atoms with van der Waals surface area (Å²) < 4.78 is 1.85. The van der Waals surface area contributed by atoms with Crippen molar-refractivity contribution in [2.75, 3.05) is 5.32 Å². The van der Waals surface area contributed by atoms with Crippen molar-refractivity contribution >= 4 is 40.4 Å². The minimum absolute atomic E-state index is 0.690. The maximum absolute atomic E-state index is 6.11. The third-order valence-electron chi connectivity index (χ3n) is 5.08. The van der Waals surface area contributed by atoms with E-state index < -0.39 is 0 Å². The summed E-state index contributed by atoms with van der Waals surface area (Å²) in [5.74, 6) is 0.814. The smallest absolute Gasteiger partial charge is 0.166 e. The average Bonchev–Trinajstić information content (AvgIpc) is 3.12. The Morgan fingerprint density at radius 1 is 0.774 bits per heavy atom. The first-order valence-electron chi connectivity index (χ1n) is 9.83. The summed E-state index contributed by atoms with van der Waals surface area (Å²) in [6.07, 6.45) is 0. The molecule has 0 saturated carbocycles. The van der Waals surface area contributed by atoms with Gasteiger partial charge in [0, 0.05) is 32.9 Å². The second-order valence-corrected chi connectivity index (χ2v) is 8.10. The number of aryl methyl sites for hydroxylation is 1. The molecule has 0 spiro atoms. The number of halogens is 2. The molecule has 152 valence electrons. The molecule has 0 radical (unpaired) electrons. The molecule has 6 heteroatoms. The highest BCUT2D eigenvalue weighted by atomic mass is 35.5. The summed E-state index contributed by atoms with van der Waals surface area (Å²) in [4.78, 5) is 4.99. The molecule has 0 fully saturated rings. The predicted molar refractivity (Wildman–Crippen MR) is 128 cm³/mol. The van der Waals surface area contributed by atoms with Crippen molar-refractivity contribution < 1.29 is 0 Å². The summed E-state index contributed by atoms with van der Waals surface area (Å²) >= 11 is 12.2. The molecule has 31 heavy (non-hydrogen) atoms. The van der Waals surface area contributed by atoms with Crippen LogP contribution in [0.3, 0.4) is 0 Å². The minimum Gasteiger partial charge on any atom is -0.340 e. The summed E-state index contributed by atoms with van der Waals surface area (Å²) in [6, 6.07) is 27.5. The van der Waals surface area contributed by atoms with Crippen molar-refractivity contribution in [1.82, 2.24) is 14.6 Å². The fourth-order valence-electron chi connectivity index (χ4n) is 3.60. The number of hydrogen-bond acceptors (Lipinski definition) is 3. The molecular weight excluding hydrogens is 427 g/mol. The van der Waals surface area contributed by atoms with Gasteiger partial charge in [-0.25, -0.2) is 4.98 Å². The van der Waals surface area contributed by atoms with E-state index in [-0.39, 0.29) is 0 Å². The summed E-state index contributed by atoms with van der Waals surface area (Å²) in [5.41, 5.74) is 6.47. The van der Waals surface area contributed by atoms with E-state index in [0.717, 1.165) is 45.2 Å². The zero-order chi connectivity index (χ0) is 21.4. The van der Waals surface area contributed by atoms with E-state index >= 15 is 0 Å². The minimum atomic E-state index is 0.690. The normalized spacial score (nSPS) is 11.1. The van der Waals surface area contributed by atoms with E-state index in [4.69, 9.17) is 33.3 Å². The Morgan fingerprint density at radius 2 is 1.42 bits per heavy atom. The van der Waals surface area contributed by atoms with Gasteiger partial charge in [-0.2, -0.15) is 9.61 Å². The lowest BCUT2D eigenvalue weighted by Crippen LogP contribution is -2.02. The average molecular weight is 445 g/mol. The zero-order valence-electron chi connectivity index (χ0n) is 16.7. The van der Waals surface area contributed by atoms with E-state index in [1.165, 1.54) is 0 Å². The van der Waals surface area contributed by atoms with Crippen LogP contribution in [0.25, 0.3) is 28.0 Å². The van der Waals surface area contributed by atoms with E-state index in [1.807, 2.05) is 84.2 Å². The van der Waals surface area contributed by atoms with Crippen molar-refractivity contribution in [2.24, 2.45) is 0 Å². The van der Waals surface area contributed by atoms with Crippen molar-refractivity contribution in [3.63, 3.8) is 0 Å². The highest BCUT2D eigenvalue weighted by Gasteiger charge is 2.17. The molecule has 0 saturated heterocycles. The topological polar surface area (TPSA) is 42.2 Å². The van der Waals surface area contributed by atoms with Gasteiger partial charge in [0.25, 0.3) is 0 Å². The van der Waals surface area contributed by atoms with Gasteiger partial charge in [-0.05, 0) is 48.9 Å². The number of nitrogens with one attached hydrogen (secondary N) is 1. The van der Waals surface area contributed by atoms with Crippen LogP contribution in [-0.4, -0.2) is 14.6 Å². The fraction of sp³-hybridized carbons (Fsp3) is 0.0400. The van der Waals surface area contributed by atoms with Crippen LogP contribution < -0.4 is 5.32 Å². The van der Waals surface area contributed by atoms with Gasteiger partial charge in [-0.15, -0.1) is 0 Å². The monoisotopic (exact) mass is 444 g/mol. The van der Waals surface area contributed by atoms with Crippen LogP contribution in [0.15, 0.2) is 84.9 Å². The standard InChI is InChI=1S/C25H18Cl2N4/c1-16-24(18-7-9-19(26)10-8-18)25-29-22(17-5-3-2-4-6-17)15-23(31(25)30-16)28-21-13-11-20(27)12-14-21/h2-15,28H,1H3. The Labute approximate surface area is 190 Å². The van der Waals surface area contributed by atoms with Crippen LogP contribution >= 0.6 is 23.2 Å². The second kappa shape index (κ2) is 8.06. The van der Waals surface area contributed by atoms with Crippen molar-refractivity contribution in [3.05, 3.63) is 101 Å². The number of nitrogens with zero attached hydrogens (tertiary/aromatic N) is 3. The number of rotatable bonds is 4. The molecule has 5 rings (SSSR count). The van der Waals surface area contributed by atoms with Gasteiger partial charge < -0.3 is 5.32 Å². The Hall–Kier alpha value is -3.34. The summed E-state index contributed by atoms with van der Waals surface area (Å²) in [7, 11) is 0. The quantitative estimate of drug-likeness (QED) is 0.313. The molecule has 0 unspecified atom stereocenters. The first-order valence-corrected chi connectivity index (χ1v) is 10.6. The molecule has 3 aromatic carbocycles. The SMILES string of the molecule is Cc1nn2c(Nc3ccc(Cl)cc3)cc(-c3ccccc3)nc2c1-c1ccc(Cl)cc1. The Balaban J connectivity index is 1.74. The molecule has 0 aliphatic heterocycles. The lowest BCUT2D eigenvalue weighted by Gasteiger charge is -2.11. The fourth-order valence-corrected chi connectivity index (χ4v) is 3.86. The van der Waals surface area contributed by atoms with E-state index in [2.05, 4.69) is 17.4 Å². The second-order valence-electron chi connectivity index (χ2n) is 7.23. The van der Waals surface area contributed by atoms with Crippen LogP contribution in [0.1, 0.15) is 5.69 Å². The van der Waals surface area contributed by atoms with Gasteiger partial charge >= 0.3 is 0 Å². The predicted octanol–water partition coefficient (Wildman–Crippen LogP) is 7.42. The highest BCUT2D eigenvalue weighted by molar-refractivity contribution is 6.30. The molecule has 5 aromatic rings. The van der Waals surface area contributed by atoms with Crippen LogP contribution in [-0.2, 0) is 0 Å². The number of hydrogen-bond donors (Lipinski definition) is 1. The third kappa shape index (κ3) is 3.88. The van der Waals surface area contributed by atoms with Gasteiger partial charge in [0.1, 0.15) is 5.82 Å². The van der Waals surface area contributed by atoms with Gasteiger partial charge in [-0.3, -0.25) is 0 Å². The van der Waals surface area contributed by atoms with Gasteiger partial charge in [-0.1, -0.05) is 65.7 Å². The van der Waals surface area contributed by atoms with Crippen molar-refractivity contribution in [1.29, 1.82) is 0 Å². The molecule has 0 atom stereocenters. The highest BCUT2D eigenvalue weighted by Crippen LogP contribution is 2.33. The van der Waals surface area contributed by atoms with E-state index in [1.54, 1.807) is 0 Å². The maximum Gasteiger partial charge on any atom is 0.166 e. The molecular formula is C25H18Cl2N4. The Morgan fingerprint density at radius 3 is 2.10 bits per heavy atom. The number of fused-ring (bicyclic) bond motifs is 1. The lowest BCUT2D eigenvalue weighted by atomic mass is 10.1. The first-order chi connectivity index (χ1) is 15.1. The lowest BCUT2D eigenvalue weighted by molar-refractivity contribution is 0.926. The number of aromatic nitrogens is 3. The molecule has 4 nitrogen and oxygen atoms in total. The zero-order valence-corrected chi connectivity index (χ0v) is 18.2. The van der Waals surface area contributed by atoms with Gasteiger partial charge in [0.05, 0.1) is 11.4 Å². The van der Waals surface area contributed by atoms with Crippen LogP contribution in [0, 0.1) is 6.92 Å². The number of anilines is 2. The first kappa shape index (κ1) is 19.6. The number of benzene rings is 3. The Kier molecular flexibility index (Phi) is 5.10. The molecule has 1 N–H and O–H groups in total. The van der Waals surface area contributed by atoms with Crippen LogP contribution in [0.2, 0.25) is 10.0 Å². The summed E-state index contributed by atoms with van der Waals surface area (Å²) in [5, 5.41) is 9.64. The molecule has 0 aliphatic rings. The van der Waals surface area contributed by atoms with Gasteiger partial charge in [0.2, 0.25) is 0 Å². The molecule has 2 heterocycles. The van der Waals surface area contributed by atoms with Crippen molar-refractivity contribution in [2.45, 2.75) is 6.92 Å². The summed E-state index contributed by atoms with van der Waals surface area (Å²) in [6.45, 7) is 1.99. The maximum atomic E-state index is 6.11. The van der Waals surface area contributed by atoms with Crippen molar-refractivity contribution in [3.8, 4) is 22.4 Å². The molecule has 2 aromatic heterocycles. The van der Waals surface area contributed by atoms with E-state index in [0.29, 0.717) is 10.0 Å². The van der Waals surface area contributed by atoms with Crippen LogP contribution in [0.4, 0.5) is 11.5 Å². The molecule has 0 aliphatic carbocycles. The van der Waals surface area contributed by atoms with Crippen LogP contribution in [0.5, 0.6) is 0 Å². The molecule has 0 amide bonds. The molecule has 0 bridgehead atoms.